The summed E-state index contributed by atoms with van der Waals surface area (Å²) in [4.78, 5) is 29.3. The van der Waals surface area contributed by atoms with Crippen molar-refractivity contribution < 1.29 is 14.3 Å². The first-order valence-corrected chi connectivity index (χ1v) is 11.7. The maximum absolute atomic E-state index is 13.0. The van der Waals surface area contributed by atoms with Crippen LogP contribution in [0.4, 0.5) is 0 Å². The summed E-state index contributed by atoms with van der Waals surface area (Å²) in [6, 6.07) is 15.8. The lowest BCUT2D eigenvalue weighted by molar-refractivity contribution is -0.133. The fourth-order valence-electron chi connectivity index (χ4n) is 3.94. The Morgan fingerprint density at radius 2 is 1.50 bits per heavy atom. The molecule has 0 saturated carbocycles. The molecule has 0 N–H and O–H groups in total. The van der Waals surface area contributed by atoms with E-state index >= 15 is 0 Å². The van der Waals surface area contributed by atoms with Crippen molar-refractivity contribution >= 4 is 11.8 Å². The molecule has 32 heavy (non-hydrogen) atoms. The van der Waals surface area contributed by atoms with Crippen LogP contribution in [0.25, 0.3) is 0 Å². The van der Waals surface area contributed by atoms with Gasteiger partial charge in [-0.3, -0.25) is 9.59 Å². The molecule has 0 spiro atoms. The lowest BCUT2D eigenvalue weighted by Gasteiger charge is -2.23. The number of hydrogen-bond donors (Lipinski definition) is 0. The lowest BCUT2D eigenvalue weighted by atomic mass is 9.86. The van der Waals surface area contributed by atoms with E-state index in [2.05, 4.69) is 27.7 Å². The van der Waals surface area contributed by atoms with Gasteiger partial charge in [-0.05, 0) is 53.6 Å². The number of benzene rings is 2. The SMILES string of the molecule is CCCc1ccc(OCC(=O)N2CCCN(C(=O)c3ccc(C(C)(C)C)cc3)CC2)cc1. The molecule has 0 bridgehead atoms. The van der Waals surface area contributed by atoms with Crippen LogP contribution < -0.4 is 4.74 Å². The number of aryl methyl sites for hydroxylation is 1. The highest BCUT2D eigenvalue weighted by molar-refractivity contribution is 5.94. The van der Waals surface area contributed by atoms with Gasteiger partial charge >= 0.3 is 0 Å². The summed E-state index contributed by atoms with van der Waals surface area (Å²) in [5, 5.41) is 0. The quantitative estimate of drug-likeness (QED) is 0.660. The predicted octanol–water partition coefficient (Wildman–Crippen LogP) is 4.69. The normalized spacial score (nSPS) is 14.8. The van der Waals surface area contributed by atoms with E-state index in [0.29, 0.717) is 37.5 Å². The molecule has 0 aromatic heterocycles. The van der Waals surface area contributed by atoms with Crippen molar-refractivity contribution in [1.29, 1.82) is 0 Å². The van der Waals surface area contributed by atoms with Crippen molar-refractivity contribution in [2.75, 3.05) is 32.8 Å². The topological polar surface area (TPSA) is 49.9 Å². The largest absolute Gasteiger partial charge is 0.484 e. The van der Waals surface area contributed by atoms with Gasteiger partial charge in [0.15, 0.2) is 6.61 Å². The number of carbonyl (C=O) groups is 2. The monoisotopic (exact) mass is 436 g/mol. The Kier molecular flexibility index (Phi) is 7.94. The van der Waals surface area contributed by atoms with Gasteiger partial charge in [-0.25, -0.2) is 0 Å². The first-order chi connectivity index (χ1) is 15.3. The minimum absolute atomic E-state index is 0.0232. The summed E-state index contributed by atoms with van der Waals surface area (Å²) < 4.78 is 5.71. The Morgan fingerprint density at radius 3 is 2.12 bits per heavy atom. The van der Waals surface area contributed by atoms with E-state index in [1.165, 1.54) is 11.1 Å². The third-order valence-electron chi connectivity index (χ3n) is 5.96. The second kappa shape index (κ2) is 10.7. The van der Waals surface area contributed by atoms with Crippen LogP contribution in [0.3, 0.4) is 0 Å². The van der Waals surface area contributed by atoms with E-state index in [4.69, 9.17) is 4.74 Å². The Bertz CT molecular complexity index is 898. The van der Waals surface area contributed by atoms with Crippen LogP contribution in [0.5, 0.6) is 5.75 Å². The molecule has 1 saturated heterocycles. The van der Waals surface area contributed by atoms with Crippen molar-refractivity contribution in [3.8, 4) is 5.75 Å². The van der Waals surface area contributed by atoms with Gasteiger partial charge in [0.2, 0.25) is 0 Å². The highest BCUT2D eigenvalue weighted by Gasteiger charge is 2.23. The van der Waals surface area contributed by atoms with Crippen molar-refractivity contribution in [1.82, 2.24) is 9.80 Å². The van der Waals surface area contributed by atoms with Gasteiger partial charge in [0, 0.05) is 31.7 Å². The molecule has 1 aliphatic heterocycles. The molecule has 0 unspecified atom stereocenters. The van der Waals surface area contributed by atoms with Gasteiger partial charge < -0.3 is 14.5 Å². The van der Waals surface area contributed by atoms with Gasteiger partial charge in [-0.15, -0.1) is 0 Å². The van der Waals surface area contributed by atoms with E-state index < -0.39 is 0 Å². The Hall–Kier alpha value is -2.82. The third kappa shape index (κ3) is 6.35. The summed E-state index contributed by atoms with van der Waals surface area (Å²) in [5.74, 6) is 0.707. The van der Waals surface area contributed by atoms with Crippen molar-refractivity contribution in [3.63, 3.8) is 0 Å². The smallest absolute Gasteiger partial charge is 0.260 e. The molecule has 1 aliphatic rings. The van der Waals surface area contributed by atoms with Crippen LogP contribution in [0.15, 0.2) is 48.5 Å². The second-order valence-electron chi connectivity index (χ2n) is 9.54. The first kappa shape index (κ1) is 23.8. The molecule has 2 aromatic rings. The number of ether oxygens (including phenoxy) is 1. The van der Waals surface area contributed by atoms with Gasteiger partial charge in [0.25, 0.3) is 11.8 Å². The molecule has 2 amide bonds. The van der Waals surface area contributed by atoms with Crippen LogP contribution in [0, 0.1) is 0 Å². The molecule has 3 rings (SSSR count). The molecule has 5 nitrogen and oxygen atoms in total. The molecule has 5 heteroatoms. The lowest BCUT2D eigenvalue weighted by Crippen LogP contribution is -2.39. The molecule has 1 fully saturated rings. The van der Waals surface area contributed by atoms with Crippen LogP contribution in [0.1, 0.15) is 62.0 Å². The molecule has 2 aromatic carbocycles. The van der Waals surface area contributed by atoms with Crippen LogP contribution in [0.2, 0.25) is 0 Å². The number of hydrogen-bond acceptors (Lipinski definition) is 3. The van der Waals surface area contributed by atoms with Gasteiger partial charge in [0.1, 0.15) is 5.75 Å². The predicted molar refractivity (Wildman–Crippen MR) is 128 cm³/mol. The van der Waals surface area contributed by atoms with E-state index in [1.807, 2.05) is 53.4 Å². The minimum Gasteiger partial charge on any atom is -0.484 e. The maximum Gasteiger partial charge on any atom is 0.260 e. The summed E-state index contributed by atoms with van der Waals surface area (Å²) in [6.07, 6.45) is 2.92. The fraction of sp³-hybridized carbons (Fsp3) is 0.481. The van der Waals surface area contributed by atoms with Gasteiger partial charge in [-0.1, -0.05) is 58.4 Å². The number of nitrogens with zero attached hydrogens (tertiary/aromatic N) is 2. The van der Waals surface area contributed by atoms with Crippen LogP contribution in [-0.2, 0) is 16.6 Å². The maximum atomic E-state index is 13.0. The van der Waals surface area contributed by atoms with Crippen LogP contribution >= 0.6 is 0 Å². The molecule has 1 heterocycles. The second-order valence-corrected chi connectivity index (χ2v) is 9.54. The Labute approximate surface area is 192 Å². The summed E-state index contributed by atoms with van der Waals surface area (Å²) in [6.45, 7) is 11.0. The molecular formula is C27H36N2O3. The van der Waals surface area contributed by atoms with Gasteiger partial charge in [-0.2, -0.15) is 0 Å². The highest BCUT2D eigenvalue weighted by Crippen LogP contribution is 2.23. The molecular weight excluding hydrogens is 400 g/mol. The zero-order valence-corrected chi connectivity index (χ0v) is 19.9. The zero-order chi connectivity index (χ0) is 23.1. The summed E-state index contributed by atoms with van der Waals surface area (Å²) in [7, 11) is 0. The van der Waals surface area contributed by atoms with Crippen molar-refractivity contribution in [2.45, 2.75) is 52.4 Å². The highest BCUT2D eigenvalue weighted by atomic mass is 16.5. The molecule has 172 valence electrons. The standard InChI is InChI=1S/C27H36N2O3/c1-5-7-21-8-14-24(15-9-21)32-20-25(30)28-16-6-17-29(19-18-28)26(31)22-10-12-23(13-11-22)27(2,3)4/h8-15H,5-7,16-20H2,1-4H3. The number of carbonyl (C=O) groups excluding carboxylic acids is 2. The van der Waals surface area contributed by atoms with Crippen molar-refractivity contribution in [2.24, 2.45) is 0 Å². The minimum atomic E-state index is -0.0357. The third-order valence-corrected chi connectivity index (χ3v) is 5.96. The number of rotatable bonds is 6. The molecule has 0 radical (unpaired) electrons. The summed E-state index contributed by atoms with van der Waals surface area (Å²) >= 11 is 0. The Morgan fingerprint density at radius 1 is 0.875 bits per heavy atom. The summed E-state index contributed by atoms with van der Waals surface area (Å²) in [5.41, 5.74) is 3.25. The molecule has 0 atom stereocenters. The van der Waals surface area contributed by atoms with Crippen molar-refractivity contribution in [3.05, 3.63) is 65.2 Å². The Balaban J connectivity index is 1.51. The average Bonchev–Trinajstić information content (AvgIpc) is 3.04. The van der Waals surface area contributed by atoms with E-state index in [9.17, 15) is 9.59 Å². The van der Waals surface area contributed by atoms with Gasteiger partial charge in [0.05, 0.1) is 0 Å². The van der Waals surface area contributed by atoms with E-state index in [0.717, 1.165) is 19.3 Å². The first-order valence-electron chi connectivity index (χ1n) is 11.7. The van der Waals surface area contributed by atoms with Crippen LogP contribution in [-0.4, -0.2) is 54.4 Å². The molecule has 0 aliphatic carbocycles. The fourth-order valence-corrected chi connectivity index (χ4v) is 3.94. The number of amides is 2. The zero-order valence-electron chi connectivity index (χ0n) is 19.9. The van der Waals surface area contributed by atoms with E-state index in [1.54, 1.807) is 4.90 Å². The van der Waals surface area contributed by atoms with E-state index in [-0.39, 0.29) is 23.8 Å². The average molecular weight is 437 g/mol.